The van der Waals surface area contributed by atoms with Gasteiger partial charge < -0.3 is 14.2 Å². The van der Waals surface area contributed by atoms with E-state index >= 15 is 0 Å². The second-order valence-electron chi connectivity index (χ2n) is 5.74. The molecule has 0 saturated heterocycles. The number of carbonyl (C=O) groups is 1. The molecule has 0 fully saturated rings. The van der Waals surface area contributed by atoms with E-state index in [0.29, 0.717) is 24.3 Å². The van der Waals surface area contributed by atoms with Crippen molar-refractivity contribution < 1.29 is 14.1 Å². The summed E-state index contributed by atoms with van der Waals surface area (Å²) in [7, 11) is 1.65. The van der Waals surface area contributed by atoms with E-state index in [0.717, 1.165) is 12.2 Å². The van der Waals surface area contributed by atoms with Crippen molar-refractivity contribution in [3.8, 4) is 5.75 Å². The number of carbonyl (C=O) groups excluding carboxylic acids is 1. The van der Waals surface area contributed by atoms with Gasteiger partial charge in [-0.3, -0.25) is 4.79 Å². The Balaban J connectivity index is 1.64. The molecule has 0 spiro atoms. The van der Waals surface area contributed by atoms with Gasteiger partial charge in [-0.1, -0.05) is 23.4 Å². The van der Waals surface area contributed by atoms with Crippen LogP contribution in [0.25, 0.3) is 5.57 Å². The number of methoxy groups -OCH3 is 1. The SMILES string of the molecule is COc1ccc(C2=CCN(C(=O)Cc3c(C)noc3Cl)CC2)cc1. The second kappa shape index (κ2) is 7.09. The standard InChI is InChI=1S/C18H19ClN2O3/c1-12-16(18(19)24-20-12)11-17(22)21-9-7-14(8-10-21)13-3-5-15(23-2)6-4-13/h3-7H,8-11H2,1-2H3. The number of nitrogens with zero attached hydrogens (tertiary/aromatic N) is 2. The number of benzene rings is 1. The highest BCUT2D eigenvalue weighted by molar-refractivity contribution is 6.29. The first-order chi connectivity index (χ1) is 11.6. The summed E-state index contributed by atoms with van der Waals surface area (Å²) < 4.78 is 10.1. The lowest BCUT2D eigenvalue weighted by Gasteiger charge is -2.26. The van der Waals surface area contributed by atoms with Gasteiger partial charge in [0.2, 0.25) is 11.1 Å². The van der Waals surface area contributed by atoms with Crippen molar-refractivity contribution in [3.05, 3.63) is 52.4 Å². The maximum absolute atomic E-state index is 12.4. The molecule has 0 unspecified atom stereocenters. The molecule has 0 atom stereocenters. The summed E-state index contributed by atoms with van der Waals surface area (Å²) in [4.78, 5) is 14.3. The van der Waals surface area contributed by atoms with Gasteiger partial charge in [0.1, 0.15) is 5.75 Å². The van der Waals surface area contributed by atoms with Crippen LogP contribution in [0.5, 0.6) is 5.75 Å². The number of halogens is 1. The van der Waals surface area contributed by atoms with Crippen molar-refractivity contribution in [3.63, 3.8) is 0 Å². The highest BCUT2D eigenvalue weighted by atomic mass is 35.5. The third-order valence-electron chi connectivity index (χ3n) is 4.29. The molecule has 0 aliphatic carbocycles. The summed E-state index contributed by atoms with van der Waals surface area (Å²) in [6.07, 6.45) is 3.15. The molecule has 6 heteroatoms. The lowest BCUT2D eigenvalue weighted by atomic mass is 9.99. The van der Waals surface area contributed by atoms with Gasteiger partial charge in [0, 0.05) is 18.7 Å². The van der Waals surface area contributed by atoms with Gasteiger partial charge in [-0.15, -0.1) is 0 Å². The molecule has 2 heterocycles. The van der Waals surface area contributed by atoms with Crippen molar-refractivity contribution in [2.45, 2.75) is 19.8 Å². The normalized spacial score (nSPS) is 14.5. The molecule has 24 heavy (non-hydrogen) atoms. The van der Waals surface area contributed by atoms with Crippen LogP contribution in [0.4, 0.5) is 0 Å². The first-order valence-electron chi connectivity index (χ1n) is 7.80. The van der Waals surface area contributed by atoms with E-state index < -0.39 is 0 Å². The van der Waals surface area contributed by atoms with E-state index in [1.54, 1.807) is 14.0 Å². The van der Waals surface area contributed by atoms with Crippen LogP contribution < -0.4 is 4.74 Å². The van der Waals surface area contributed by atoms with E-state index in [2.05, 4.69) is 11.2 Å². The average molecular weight is 347 g/mol. The minimum atomic E-state index is 0.0354. The van der Waals surface area contributed by atoms with Crippen LogP contribution in [0.3, 0.4) is 0 Å². The van der Waals surface area contributed by atoms with Crippen LogP contribution in [0.2, 0.25) is 5.22 Å². The van der Waals surface area contributed by atoms with E-state index in [9.17, 15) is 4.79 Å². The molecule has 1 aliphatic rings. The third-order valence-corrected chi connectivity index (χ3v) is 4.58. The Bertz CT molecular complexity index is 746. The van der Waals surface area contributed by atoms with Crippen LogP contribution in [0.1, 0.15) is 23.2 Å². The number of aryl methyl sites for hydroxylation is 1. The molecule has 0 saturated carbocycles. The average Bonchev–Trinajstić information content (AvgIpc) is 2.94. The number of aromatic nitrogens is 1. The van der Waals surface area contributed by atoms with Crippen molar-refractivity contribution in [1.82, 2.24) is 10.1 Å². The maximum Gasteiger partial charge on any atom is 0.229 e. The van der Waals surface area contributed by atoms with E-state index in [4.69, 9.17) is 20.9 Å². The fraction of sp³-hybridized carbons (Fsp3) is 0.333. The van der Waals surface area contributed by atoms with Crippen molar-refractivity contribution in [2.24, 2.45) is 0 Å². The lowest BCUT2D eigenvalue weighted by molar-refractivity contribution is -0.130. The summed E-state index contributed by atoms with van der Waals surface area (Å²) in [6.45, 7) is 3.08. The van der Waals surface area contributed by atoms with Gasteiger partial charge >= 0.3 is 0 Å². The molecule has 126 valence electrons. The summed E-state index contributed by atoms with van der Waals surface area (Å²) >= 11 is 5.93. The van der Waals surface area contributed by atoms with Crippen LogP contribution in [-0.4, -0.2) is 36.2 Å². The Hall–Kier alpha value is -2.27. The van der Waals surface area contributed by atoms with E-state index in [1.165, 1.54) is 11.1 Å². The van der Waals surface area contributed by atoms with Crippen LogP contribution in [0.15, 0.2) is 34.9 Å². The summed E-state index contributed by atoms with van der Waals surface area (Å²) in [5.74, 6) is 0.876. The fourth-order valence-electron chi connectivity index (χ4n) is 2.78. The predicted molar refractivity (Wildman–Crippen MR) is 92.1 cm³/mol. The van der Waals surface area contributed by atoms with Gasteiger partial charge in [-0.05, 0) is 48.2 Å². The summed E-state index contributed by atoms with van der Waals surface area (Å²) in [5, 5.41) is 3.98. The van der Waals surface area contributed by atoms with Gasteiger partial charge in [0.25, 0.3) is 0 Å². The van der Waals surface area contributed by atoms with Crippen LogP contribution in [-0.2, 0) is 11.2 Å². The molecule has 2 aromatic rings. The zero-order chi connectivity index (χ0) is 17.1. The maximum atomic E-state index is 12.4. The molecule has 3 rings (SSSR count). The molecule has 1 aromatic heterocycles. The topological polar surface area (TPSA) is 55.6 Å². The highest BCUT2D eigenvalue weighted by Crippen LogP contribution is 2.25. The van der Waals surface area contributed by atoms with Crippen molar-refractivity contribution >= 4 is 23.1 Å². The molecular weight excluding hydrogens is 328 g/mol. The largest absolute Gasteiger partial charge is 0.497 e. The zero-order valence-corrected chi connectivity index (χ0v) is 14.5. The van der Waals surface area contributed by atoms with E-state index in [-0.39, 0.29) is 17.5 Å². The summed E-state index contributed by atoms with van der Waals surface area (Å²) in [5.41, 5.74) is 3.76. The predicted octanol–water partition coefficient (Wildman–Crippen LogP) is 3.50. The highest BCUT2D eigenvalue weighted by Gasteiger charge is 2.21. The van der Waals surface area contributed by atoms with Crippen molar-refractivity contribution in [1.29, 1.82) is 0 Å². The second-order valence-corrected chi connectivity index (χ2v) is 6.09. The van der Waals surface area contributed by atoms with Gasteiger partial charge in [0.05, 0.1) is 19.2 Å². The number of ether oxygens (including phenoxy) is 1. The van der Waals surface area contributed by atoms with Gasteiger partial charge in [-0.2, -0.15) is 0 Å². The Morgan fingerprint density at radius 1 is 1.38 bits per heavy atom. The molecule has 0 radical (unpaired) electrons. The smallest absolute Gasteiger partial charge is 0.229 e. The first-order valence-corrected chi connectivity index (χ1v) is 8.18. The quantitative estimate of drug-likeness (QED) is 0.850. The molecule has 1 aliphatic heterocycles. The fourth-order valence-corrected chi connectivity index (χ4v) is 3.02. The zero-order valence-electron chi connectivity index (χ0n) is 13.7. The minimum absolute atomic E-state index is 0.0354. The Labute approximate surface area is 145 Å². The van der Waals surface area contributed by atoms with E-state index in [1.807, 2.05) is 29.2 Å². The number of hydrogen-bond donors (Lipinski definition) is 0. The molecule has 0 N–H and O–H groups in total. The third kappa shape index (κ3) is 3.46. The first kappa shape index (κ1) is 16.6. The van der Waals surface area contributed by atoms with Crippen LogP contribution in [0, 0.1) is 6.92 Å². The Morgan fingerprint density at radius 2 is 2.12 bits per heavy atom. The molecule has 5 nitrogen and oxygen atoms in total. The van der Waals surface area contributed by atoms with Gasteiger partial charge in [0.15, 0.2) is 0 Å². The Morgan fingerprint density at radius 3 is 2.67 bits per heavy atom. The molecule has 1 aromatic carbocycles. The number of rotatable bonds is 4. The Kier molecular flexibility index (Phi) is 4.90. The number of hydrogen-bond acceptors (Lipinski definition) is 4. The van der Waals surface area contributed by atoms with Crippen molar-refractivity contribution in [2.75, 3.05) is 20.2 Å². The minimum Gasteiger partial charge on any atom is -0.497 e. The monoisotopic (exact) mass is 346 g/mol. The van der Waals surface area contributed by atoms with Crippen LogP contribution >= 0.6 is 11.6 Å². The molecular formula is C18H19ClN2O3. The van der Waals surface area contributed by atoms with Gasteiger partial charge in [-0.25, -0.2) is 0 Å². The molecule has 0 bridgehead atoms. The summed E-state index contributed by atoms with van der Waals surface area (Å²) in [6, 6.07) is 7.99. The number of amides is 1. The molecule has 1 amide bonds. The lowest BCUT2D eigenvalue weighted by Crippen LogP contribution is -2.35.